The molecule has 2 aromatic carbocycles. The molecular weight excluding hydrogens is 242 g/mol. The van der Waals surface area contributed by atoms with Crippen LogP contribution in [0, 0.1) is 13.8 Å². The summed E-state index contributed by atoms with van der Waals surface area (Å²) in [5.41, 5.74) is 6.44. The van der Waals surface area contributed by atoms with Crippen LogP contribution in [0.3, 0.4) is 0 Å². The molecule has 1 heterocycles. The van der Waals surface area contributed by atoms with Crippen LogP contribution in [0.1, 0.15) is 23.7 Å². The fourth-order valence-electron chi connectivity index (χ4n) is 2.95. The Balaban J connectivity index is 2.44. The first-order valence-electron chi connectivity index (χ1n) is 7.02. The normalized spacial score (nSPS) is 11.6. The lowest BCUT2D eigenvalue weighted by Gasteiger charge is -2.08. The SMILES string of the molecule is CC=Cc1c(C)n(-c2ccccc2)c2cccc(C)c12. The lowest BCUT2D eigenvalue weighted by molar-refractivity contribution is 1.05. The number of rotatable bonds is 2. The number of nitrogens with zero attached hydrogens (tertiary/aromatic N) is 1. The van der Waals surface area contributed by atoms with Crippen LogP contribution >= 0.6 is 0 Å². The van der Waals surface area contributed by atoms with Crippen molar-refractivity contribution in [2.45, 2.75) is 20.8 Å². The fraction of sp³-hybridized carbons (Fsp3) is 0.158. The summed E-state index contributed by atoms with van der Waals surface area (Å²) in [6.07, 6.45) is 4.33. The van der Waals surface area contributed by atoms with Crippen molar-refractivity contribution in [1.82, 2.24) is 4.57 Å². The standard InChI is InChI=1S/C19H19N/c1-4-9-17-15(3)20(16-11-6-5-7-12-16)18-13-8-10-14(2)19(17)18/h4-13H,1-3H3. The predicted molar refractivity (Wildman–Crippen MR) is 87.5 cm³/mol. The van der Waals surface area contributed by atoms with E-state index in [-0.39, 0.29) is 0 Å². The Bertz CT molecular complexity index is 776. The average molecular weight is 261 g/mol. The van der Waals surface area contributed by atoms with Crippen molar-refractivity contribution in [1.29, 1.82) is 0 Å². The van der Waals surface area contributed by atoms with Crippen LogP contribution in [0.4, 0.5) is 0 Å². The Kier molecular flexibility index (Phi) is 3.19. The second kappa shape index (κ2) is 5.01. The first-order valence-corrected chi connectivity index (χ1v) is 7.02. The van der Waals surface area contributed by atoms with Gasteiger partial charge in [0, 0.05) is 22.3 Å². The lowest BCUT2D eigenvalue weighted by atomic mass is 10.1. The van der Waals surface area contributed by atoms with E-state index in [1.165, 1.54) is 33.4 Å². The molecule has 3 aromatic rings. The summed E-state index contributed by atoms with van der Waals surface area (Å²) in [5.74, 6) is 0. The van der Waals surface area contributed by atoms with Crippen LogP contribution in [0.2, 0.25) is 0 Å². The highest BCUT2D eigenvalue weighted by Gasteiger charge is 2.14. The summed E-state index contributed by atoms with van der Waals surface area (Å²) < 4.78 is 2.34. The molecule has 0 N–H and O–H groups in total. The van der Waals surface area contributed by atoms with Crippen molar-refractivity contribution >= 4 is 17.0 Å². The van der Waals surface area contributed by atoms with E-state index in [1.807, 2.05) is 0 Å². The molecule has 100 valence electrons. The third kappa shape index (κ3) is 1.87. The Morgan fingerprint density at radius 1 is 0.900 bits per heavy atom. The Labute approximate surface area is 120 Å². The van der Waals surface area contributed by atoms with E-state index in [2.05, 4.69) is 86.0 Å². The van der Waals surface area contributed by atoms with Gasteiger partial charge in [-0.1, -0.05) is 42.5 Å². The largest absolute Gasteiger partial charge is 0.313 e. The summed E-state index contributed by atoms with van der Waals surface area (Å²) in [5, 5.41) is 1.35. The highest BCUT2D eigenvalue weighted by molar-refractivity contribution is 5.95. The van der Waals surface area contributed by atoms with Gasteiger partial charge in [0.2, 0.25) is 0 Å². The van der Waals surface area contributed by atoms with E-state index < -0.39 is 0 Å². The third-order valence-electron chi connectivity index (χ3n) is 3.83. The molecule has 0 saturated carbocycles. The number of hydrogen-bond donors (Lipinski definition) is 0. The van der Waals surface area contributed by atoms with Gasteiger partial charge in [0.1, 0.15) is 0 Å². The van der Waals surface area contributed by atoms with Gasteiger partial charge in [-0.2, -0.15) is 0 Å². The maximum atomic E-state index is 2.34. The van der Waals surface area contributed by atoms with Crippen LogP contribution in [0.5, 0.6) is 0 Å². The molecule has 0 radical (unpaired) electrons. The number of hydrogen-bond acceptors (Lipinski definition) is 0. The van der Waals surface area contributed by atoms with Crippen LogP contribution in [-0.4, -0.2) is 4.57 Å². The van der Waals surface area contributed by atoms with Crippen molar-refractivity contribution < 1.29 is 0 Å². The van der Waals surface area contributed by atoms with Gasteiger partial charge < -0.3 is 4.57 Å². The topological polar surface area (TPSA) is 4.93 Å². The lowest BCUT2D eigenvalue weighted by Crippen LogP contribution is -1.96. The van der Waals surface area contributed by atoms with Crippen LogP contribution < -0.4 is 0 Å². The van der Waals surface area contributed by atoms with Crippen molar-refractivity contribution in [2.24, 2.45) is 0 Å². The summed E-state index contributed by atoms with van der Waals surface area (Å²) >= 11 is 0. The summed E-state index contributed by atoms with van der Waals surface area (Å²) in [7, 11) is 0. The molecule has 0 bridgehead atoms. The molecule has 3 rings (SSSR count). The van der Waals surface area contributed by atoms with E-state index in [9.17, 15) is 0 Å². The zero-order chi connectivity index (χ0) is 14.1. The van der Waals surface area contributed by atoms with Gasteiger partial charge in [-0.05, 0) is 44.5 Å². The average Bonchev–Trinajstić information content (AvgIpc) is 2.74. The van der Waals surface area contributed by atoms with Crippen LogP contribution in [0.15, 0.2) is 54.6 Å². The zero-order valence-electron chi connectivity index (χ0n) is 12.2. The van der Waals surface area contributed by atoms with Gasteiger partial charge >= 0.3 is 0 Å². The van der Waals surface area contributed by atoms with Crippen molar-refractivity contribution in [3.05, 3.63) is 71.4 Å². The van der Waals surface area contributed by atoms with E-state index in [1.54, 1.807) is 0 Å². The second-order valence-corrected chi connectivity index (χ2v) is 5.14. The molecule has 0 amide bonds. The Morgan fingerprint density at radius 3 is 2.35 bits per heavy atom. The van der Waals surface area contributed by atoms with Gasteiger partial charge in [0.15, 0.2) is 0 Å². The highest BCUT2D eigenvalue weighted by atomic mass is 15.0. The molecule has 0 fully saturated rings. The molecule has 1 heteroatoms. The third-order valence-corrected chi connectivity index (χ3v) is 3.83. The number of aromatic nitrogens is 1. The second-order valence-electron chi connectivity index (χ2n) is 5.14. The number of para-hydroxylation sites is 1. The van der Waals surface area contributed by atoms with E-state index in [4.69, 9.17) is 0 Å². The van der Waals surface area contributed by atoms with Crippen molar-refractivity contribution in [3.63, 3.8) is 0 Å². The molecule has 0 spiro atoms. The first-order chi connectivity index (χ1) is 9.74. The molecule has 20 heavy (non-hydrogen) atoms. The molecule has 0 atom stereocenters. The minimum atomic E-state index is 1.22. The Morgan fingerprint density at radius 2 is 1.65 bits per heavy atom. The van der Waals surface area contributed by atoms with Crippen molar-refractivity contribution in [2.75, 3.05) is 0 Å². The minimum absolute atomic E-state index is 1.22. The smallest absolute Gasteiger partial charge is 0.0540 e. The highest BCUT2D eigenvalue weighted by Crippen LogP contribution is 2.32. The van der Waals surface area contributed by atoms with Gasteiger partial charge in [-0.15, -0.1) is 0 Å². The number of allylic oxidation sites excluding steroid dienone is 1. The summed E-state index contributed by atoms with van der Waals surface area (Å²) in [6.45, 7) is 6.45. The maximum absolute atomic E-state index is 2.34. The van der Waals surface area contributed by atoms with Crippen LogP contribution in [-0.2, 0) is 0 Å². The first kappa shape index (κ1) is 12.7. The number of aryl methyl sites for hydroxylation is 1. The fourth-order valence-corrected chi connectivity index (χ4v) is 2.95. The molecule has 1 aromatic heterocycles. The van der Waals surface area contributed by atoms with E-state index in [0.717, 1.165) is 0 Å². The molecule has 0 aliphatic heterocycles. The Hall–Kier alpha value is -2.28. The van der Waals surface area contributed by atoms with Gasteiger partial charge in [-0.25, -0.2) is 0 Å². The van der Waals surface area contributed by atoms with E-state index >= 15 is 0 Å². The molecule has 0 saturated heterocycles. The predicted octanol–water partition coefficient (Wildman–Crippen LogP) is 5.28. The monoisotopic (exact) mass is 261 g/mol. The van der Waals surface area contributed by atoms with Gasteiger partial charge in [0.25, 0.3) is 0 Å². The van der Waals surface area contributed by atoms with Gasteiger partial charge in [0.05, 0.1) is 5.52 Å². The quantitative estimate of drug-likeness (QED) is 0.591. The number of benzene rings is 2. The summed E-state index contributed by atoms with van der Waals surface area (Å²) in [4.78, 5) is 0. The number of fused-ring (bicyclic) bond motifs is 1. The van der Waals surface area contributed by atoms with E-state index in [0.29, 0.717) is 0 Å². The molecule has 0 aliphatic carbocycles. The molecular formula is C19H19N. The minimum Gasteiger partial charge on any atom is -0.313 e. The van der Waals surface area contributed by atoms with Crippen molar-refractivity contribution in [3.8, 4) is 5.69 Å². The molecule has 0 aliphatic rings. The van der Waals surface area contributed by atoms with Crippen LogP contribution in [0.25, 0.3) is 22.7 Å². The summed E-state index contributed by atoms with van der Waals surface area (Å²) in [6, 6.07) is 17.1. The van der Waals surface area contributed by atoms with Gasteiger partial charge in [-0.3, -0.25) is 0 Å². The molecule has 0 unspecified atom stereocenters. The maximum Gasteiger partial charge on any atom is 0.0540 e. The molecule has 1 nitrogen and oxygen atoms in total. The zero-order valence-corrected chi connectivity index (χ0v) is 12.2.